The first-order valence-corrected chi connectivity index (χ1v) is 7.49. The summed E-state index contributed by atoms with van der Waals surface area (Å²) in [5, 5.41) is 2.93. The highest BCUT2D eigenvalue weighted by Crippen LogP contribution is 2.35. The fraction of sp³-hybridized carbons (Fsp3) is 0.500. The number of primary amides is 1. The van der Waals surface area contributed by atoms with E-state index in [1.807, 2.05) is 0 Å². The summed E-state index contributed by atoms with van der Waals surface area (Å²) in [5.41, 5.74) is 11.7. The van der Waals surface area contributed by atoms with Gasteiger partial charge in [-0.15, -0.1) is 0 Å². The van der Waals surface area contributed by atoms with E-state index in [0.29, 0.717) is 17.8 Å². The van der Waals surface area contributed by atoms with Gasteiger partial charge in [0.05, 0.1) is 5.41 Å². The second-order valence-electron chi connectivity index (χ2n) is 5.79. The molecule has 1 aromatic carbocycles. The zero-order chi connectivity index (χ0) is 15.3. The molecule has 1 fully saturated rings. The molecule has 5 N–H and O–H groups in total. The Hall–Kier alpha value is -1.88. The van der Waals surface area contributed by atoms with E-state index in [1.54, 1.807) is 24.3 Å². The summed E-state index contributed by atoms with van der Waals surface area (Å²) in [6.07, 6.45) is 6.12. The third-order valence-electron chi connectivity index (χ3n) is 4.36. The summed E-state index contributed by atoms with van der Waals surface area (Å²) in [6.45, 7) is 0.373. The number of carbonyl (C=O) groups is 2. The van der Waals surface area contributed by atoms with E-state index in [4.69, 9.17) is 11.5 Å². The Morgan fingerprint density at radius 1 is 1.05 bits per heavy atom. The molecule has 0 unspecified atom stereocenters. The normalized spacial score (nSPS) is 17.8. The zero-order valence-electron chi connectivity index (χ0n) is 12.2. The fourth-order valence-electron chi connectivity index (χ4n) is 2.91. The Balaban J connectivity index is 2.09. The van der Waals surface area contributed by atoms with Gasteiger partial charge in [0.15, 0.2) is 0 Å². The highest BCUT2D eigenvalue weighted by Gasteiger charge is 2.37. The minimum atomic E-state index is -0.477. The Labute approximate surface area is 125 Å². The van der Waals surface area contributed by atoms with Gasteiger partial charge in [-0.25, -0.2) is 0 Å². The molecule has 1 aliphatic carbocycles. The molecule has 2 rings (SSSR count). The zero-order valence-corrected chi connectivity index (χ0v) is 12.2. The van der Waals surface area contributed by atoms with Crippen molar-refractivity contribution in [2.24, 2.45) is 16.9 Å². The summed E-state index contributed by atoms with van der Waals surface area (Å²) in [5.74, 6) is -0.492. The smallest absolute Gasteiger partial charge is 0.248 e. The molecule has 2 amide bonds. The summed E-state index contributed by atoms with van der Waals surface area (Å²) >= 11 is 0. The Morgan fingerprint density at radius 3 is 2.10 bits per heavy atom. The molecule has 0 aliphatic heterocycles. The maximum atomic E-state index is 12.6. The van der Waals surface area contributed by atoms with Crippen molar-refractivity contribution in [3.63, 3.8) is 0 Å². The third kappa shape index (κ3) is 3.61. The number of anilines is 1. The van der Waals surface area contributed by atoms with Gasteiger partial charge >= 0.3 is 0 Å². The van der Waals surface area contributed by atoms with Crippen molar-refractivity contribution in [1.29, 1.82) is 0 Å². The van der Waals surface area contributed by atoms with Crippen LogP contribution in [0.15, 0.2) is 24.3 Å². The number of rotatable bonds is 4. The molecule has 0 radical (unpaired) electrons. The third-order valence-corrected chi connectivity index (χ3v) is 4.36. The van der Waals surface area contributed by atoms with Crippen LogP contribution in [0.25, 0.3) is 0 Å². The molecule has 5 nitrogen and oxygen atoms in total. The summed E-state index contributed by atoms with van der Waals surface area (Å²) in [7, 11) is 0. The average Bonchev–Trinajstić information content (AvgIpc) is 2.74. The monoisotopic (exact) mass is 289 g/mol. The molecule has 114 valence electrons. The van der Waals surface area contributed by atoms with Crippen LogP contribution in [0.5, 0.6) is 0 Å². The van der Waals surface area contributed by atoms with E-state index >= 15 is 0 Å². The number of nitrogens with one attached hydrogen (secondary N) is 1. The van der Waals surface area contributed by atoms with Gasteiger partial charge in [-0.2, -0.15) is 0 Å². The molecule has 0 saturated heterocycles. The number of nitrogens with two attached hydrogens (primary N) is 2. The van der Waals surface area contributed by atoms with Crippen LogP contribution >= 0.6 is 0 Å². The van der Waals surface area contributed by atoms with Gasteiger partial charge in [-0.05, 0) is 37.1 Å². The number of hydrogen-bond donors (Lipinski definition) is 3. The van der Waals surface area contributed by atoms with Crippen LogP contribution in [0.1, 0.15) is 48.9 Å². The van der Waals surface area contributed by atoms with Crippen molar-refractivity contribution in [2.75, 3.05) is 11.9 Å². The molecule has 0 spiro atoms. The van der Waals surface area contributed by atoms with Gasteiger partial charge in [-0.1, -0.05) is 25.7 Å². The summed E-state index contributed by atoms with van der Waals surface area (Å²) in [6, 6.07) is 6.61. The van der Waals surface area contributed by atoms with Crippen molar-refractivity contribution in [1.82, 2.24) is 0 Å². The van der Waals surface area contributed by atoms with Gasteiger partial charge < -0.3 is 16.8 Å². The molecule has 21 heavy (non-hydrogen) atoms. The van der Waals surface area contributed by atoms with Crippen LogP contribution < -0.4 is 16.8 Å². The molecule has 1 aromatic rings. The summed E-state index contributed by atoms with van der Waals surface area (Å²) in [4.78, 5) is 23.6. The molecule has 1 aliphatic rings. The van der Waals surface area contributed by atoms with Crippen LogP contribution in [-0.2, 0) is 4.79 Å². The van der Waals surface area contributed by atoms with Gasteiger partial charge in [-0.3, -0.25) is 9.59 Å². The lowest BCUT2D eigenvalue weighted by Gasteiger charge is -2.29. The standard InChI is InChI=1S/C16H23N3O2/c17-11-16(9-3-1-2-4-10-16)15(21)19-13-7-5-12(6-8-13)14(18)20/h5-8H,1-4,9-11,17H2,(H2,18,20)(H,19,21). The average molecular weight is 289 g/mol. The lowest BCUT2D eigenvalue weighted by molar-refractivity contribution is -0.125. The predicted molar refractivity (Wildman–Crippen MR) is 82.8 cm³/mol. The molecule has 5 heteroatoms. The second kappa shape index (κ2) is 6.72. The van der Waals surface area contributed by atoms with Crippen LogP contribution in [0.4, 0.5) is 5.69 Å². The van der Waals surface area contributed by atoms with Gasteiger partial charge in [0.1, 0.15) is 0 Å². The molecular weight excluding hydrogens is 266 g/mol. The van der Waals surface area contributed by atoms with Gasteiger partial charge in [0, 0.05) is 17.8 Å². The largest absolute Gasteiger partial charge is 0.366 e. The van der Waals surface area contributed by atoms with Gasteiger partial charge in [0.2, 0.25) is 11.8 Å². The Bertz CT molecular complexity index is 503. The topological polar surface area (TPSA) is 98.2 Å². The first-order valence-electron chi connectivity index (χ1n) is 7.49. The Morgan fingerprint density at radius 2 is 1.62 bits per heavy atom. The van der Waals surface area contributed by atoms with Crippen LogP contribution in [0.3, 0.4) is 0 Å². The number of hydrogen-bond acceptors (Lipinski definition) is 3. The molecule has 0 heterocycles. The van der Waals surface area contributed by atoms with E-state index in [0.717, 1.165) is 25.7 Å². The van der Waals surface area contributed by atoms with Crippen molar-refractivity contribution in [2.45, 2.75) is 38.5 Å². The number of benzene rings is 1. The fourth-order valence-corrected chi connectivity index (χ4v) is 2.91. The van der Waals surface area contributed by atoms with Gasteiger partial charge in [0.25, 0.3) is 0 Å². The Kier molecular flexibility index (Phi) is 4.96. The minimum Gasteiger partial charge on any atom is -0.366 e. The quantitative estimate of drug-likeness (QED) is 0.739. The molecule has 0 aromatic heterocycles. The van der Waals surface area contributed by atoms with Crippen molar-refractivity contribution in [3.05, 3.63) is 29.8 Å². The van der Waals surface area contributed by atoms with Crippen LogP contribution in [0, 0.1) is 5.41 Å². The van der Waals surface area contributed by atoms with E-state index in [9.17, 15) is 9.59 Å². The first-order chi connectivity index (χ1) is 10.1. The lowest BCUT2D eigenvalue weighted by atomic mass is 9.79. The maximum Gasteiger partial charge on any atom is 0.248 e. The van der Waals surface area contributed by atoms with Crippen molar-refractivity contribution < 1.29 is 9.59 Å². The minimum absolute atomic E-state index is 0.0151. The first kappa shape index (κ1) is 15.5. The molecule has 1 saturated carbocycles. The van der Waals surface area contributed by atoms with E-state index in [2.05, 4.69) is 5.32 Å². The lowest BCUT2D eigenvalue weighted by Crippen LogP contribution is -2.42. The summed E-state index contributed by atoms with van der Waals surface area (Å²) < 4.78 is 0. The highest BCUT2D eigenvalue weighted by atomic mass is 16.2. The molecular formula is C16H23N3O2. The van der Waals surface area contributed by atoms with Crippen LogP contribution in [0.2, 0.25) is 0 Å². The van der Waals surface area contributed by atoms with E-state index in [1.165, 1.54) is 12.8 Å². The predicted octanol–water partition coefficient (Wildman–Crippen LogP) is 2.02. The maximum absolute atomic E-state index is 12.6. The van der Waals surface area contributed by atoms with Crippen molar-refractivity contribution >= 4 is 17.5 Å². The number of amides is 2. The van der Waals surface area contributed by atoms with Crippen LogP contribution in [-0.4, -0.2) is 18.4 Å². The SMILES string of the molecule is NCC1(C(=O)Nc2ccc(C(N)=O)cc2)CCCCCC1. The van der Waals surface area contributed by atoms with Crippen molar-refractivity contribution in [3.8, 4) is 0 Å². The van der Waals surface area contributed by atoms with E-state index in [-0.39, 0.29) is 5.91 Å². The highest BCUT2D eigenvalue weighted by molar-refractivity contribution is 5.97. The second-order valence-corrected chi connectivity index (χ2v) is 5.79. The molecule has 0 atom stereocenters. The molecule has 0 bridgehead atoms. The number of carbonyl (C=O) groups excluding carboxylic acids is 2. The van der Waals surface area contributed by atoms with E-state index < -0.39 is 11.3 Å².